The average Bonchev–Trinajstić information content (AvgIpc) is 2.87. The summed E-state index contributed by atoms with van der Waals surface area (Å²) in [6.07, 6.45) is 6.14. The highest BCUT2D eigenvalue weighted by atomic mass is 16.6. The number of hydrogen-bond donors (Lipinski definition) is 0. The third kappa shape index (κ3) is 5.57. The lowest BCUT2D eigenvalue weighted by Crippen LogP contribution is -2.36. The van der Waals surface area contributed by atoms with Crippen LogP contribution < -0.4 is 4.90 Å². The Bertz CT molecular complexity index is 1010. The lowest BCUT2D eigenvalue weighted by Gasteiger charge is -2.28. The first-order chi connectivity index (χ1) is 16.0. The molecule has 0 atom stereocenters. The van der Waals surface area contributed by atoms with E-state index in [4.69, 9.17) is 9.47 Å². The molecule has 1 saturated carbocycles. The van der Waals surface area contributed by atoms with E-state index < -0.39 is 17.5 Å². The second-order valence-corrected chi connectivity index (χ2v) is 8.52. The Morgan fingerprint density at radius 2 is 1.67 bits per heavy atom. The summed E-state index contributed by atoms with van der Waals surface area (Å²) in [6.45, 7) is 1.65. The Balaban J connectivity index is 1.38. The largest absolute Gasteiger partial charge is 0.454 e. The number of carbonyl (C=O) groups excluding carboxylic acids is 2. The van der Waals surface area contributed by atoms with Crippen LogP contribution in [0, 0.1) is 10.1 Å². The number of morpholine rings is 1. The molecule has 33 heavy (non-hydrogen) atoms. The maximum absolute atomic E-state index is 12.5. The lowest BCUT2D eigenvalue weighted by molar-refractivity contribution is -0.384. The van der Waals surface area contributed by atoms with Gasteiger partial charge in [0, 0.05) is 24.7 Å². The zero-order valence-electron chi connectivity index (χ0n) is 18.5. The SMILES string of the molecule is O=C(COC(=O)c1ccc(N2CCOCC2)c([N+](=O)[O-])c1)c1ccc(C2CCCCC2)cc1. The van der Waals surface area contributed by atoms with Crippen LogP contribution in [-0.4, -0.2) is 49.6 Å². The number of ether oxygens (including phenoxy) is 2. The molecule has 1 aliphatic carbocycles. The summed E-state index contributed by atoms with van der Waals surface area (Å²) in [5.41, 5.74) is 2.04. The van der Waals surface area contributed by atoms with Crippen molar-refractivity contribution < 1.29 is 24.0 Å². The molecular formula is C25H28N2O6. The fourth-order valence-electron chi connectivity index (χ4n) is 4.54. The number of ketones is 1. The van der Waals surface area contributed by atoms with Crippen molar-refractivity contribution in [2.75, 3.05) is 37.8 Å². The van der Waals surface area contributed by atoms with E-state index >= 15 is 0 Å². The minimum absolute atomic E-state index is 0.0409. The monoisotopic (exact) mass is 452 g/mol. The molecule has 4 rings (SSSR count). The number of esters is 1. The van der Waals surface area contributed by atoms with Crippen molar-refractivity contribution >= 4 is 23.1 Å². The summed E-state index contributed by atoms with van der Waals surface area (Å²) in [6, 6.07) is 11.8. The molecule has 0 radical (unpaired) electrons. The van der Waals surface area contributed by atoms with Gasteiger partial charge >= 0.3 is 5.97 Å². The summed E-state index contributed by atoms with van der Waals surface area (Å²) in [5, 5.41) is 11.6. The first-order valence-electron chi connectivity index (χ1n) is 11.4. The van der Waals surface area contributed by atoms with Crippen LogP contribution in [0.4, 0.5) is 11.4 Å². The molecule has 0 bridgehead atoms. The topological polar surface area (TPSA) is 99.0 Å². The molecule has 1 heterocycles. The van der Waals surface area contributed by atoms with Crippen molar-refractivity contribution in [1.29, 1.82) is 0 Å². The number of hydrogen-bond acceptors (Lipinski definition) is 7. The fraction of sp³-hybridized carbons (Fsp3) is 0.440. The summed E-state index contributed by atoms with van der Waals surface area (Å²) in [4.78, 5) is 37.9. The Morgan fingerprint density at radius 3 is 2.33 bits per heavy atom. The van der Waals surface area contributed by atoms with Crippen LogP contribution >= 0.6 is 0 Å². The molecular weight excluding hydrogens is 424 g/mol. The summed E-state index contributed by atoms with van der Waals surface area (Å²) >= 11 is 0. The first-order valence-corrected chi connectivity index (χ1v) is 11.4. The Hall–Kier alpha value is -3.26. The predicted molar refractivity (Wildman–Crippen MR) is 123 cm³/mol. The van der Waals surface area contributed by atoms with E-state index in [1.807, 2.05) is 17.0 Å². The Kier molecular flexibility index (Phi) is 7.34. The van der Waals surface area contributed by atoms with Crippen molar-refractivity contribution in [3.05, 3.63) is 69.3 Å². The fourth-order valence-corrected chi connectivity index (χ4v) is 4.54. The minimum Gasteiger partial charge on any atom is -0.454 e. The summed E-state index contributed by atoms with van der Waals surface area (Å²) in [5.74, 6) is -0.520. The zero-order chi connectivity index (χ0) is 23.2. The molecule has 174 valence electrons. The summed E-state index contributed by atoms with van der Waals surface area (Å²) < 4.78 is 10.5. The predicted octanol–water partition coefficient (Wildman–Crippen LogP) is 4.52. The lowest BCUT2D eigenvalue weighted by atomic mass is 9.84. The highest BCUT2D eigenvalue weighted by molar-refractivity contribution is 5.99. The van der Waals surface area contributed by atoms with Gasteiger partial charge in [-0.2, -0.15) is 0 Å². The van der Waals surface area contributed by atoms with Gasteiger partial charge in [0.2, 0.25) is 0 Å². The molecule has 2 fully saturated rings. The first kappa shape index (κ1) is 22.9. The van der Waals surface area contributed by atoms with E-state index in [-0.39, 0.29) is 17.0 Å². The van der Waals surface area contributed by atoms with Crippen LogP contribution in [0.3, 0.4) is 0 Å². The van der Waals surface area contributed by atoms with Gasteiger partial charge in [-0.1, -0.05) is 43.5 Å². The van der Waals surface area contributed by atoms with Crippen LogP contribution in [-0.2, 0) is 9.47 Å². The smallest absolute Gasteiger partial charge is 0.338 e. The van der Waals surface area contributed by atoms with Crippen molar-refractivity contribution in [3.63, 3.8) is 0 Å². The van der Waals surface area contributed by atoms with Crippen LogP contribution in [0.25, 0.3) is 0 Å². The van der Waals surface area contributed by atoms with E-state index in [0.29, 0.717) is 43.5 Å². The Labute approximate surface area is 192 Å². The zero-order valence-corrected chi connectivity index (χ0v) is 18.5. The minimum atomic E-state index is -0.765. The third-order valence-electron chi connectivity index (χ3n) is 6.40. The molecule has 8 nitrogen and oxygen atoms in total. The standard InChI is InChI=1S/C25H28N2O6/c28-24(20-8-6-19(7-9-20)18-4-2-1-3-5-18)17-33-25(29)21-10-11-22(23(16-21)27(30)31)26-12-14-32-15-13-26/h6-11,16,18H,1-5,12-15,17H2. The van der Waals surface area contributed by atoms with E-state index in [2.05, 4.69) is 0 Å². The van der Waals surface area contributed by atoms with Gasteiger partial charge < -0.3 is 14.4 Å². The number of nitro benzene ring substituents is 1. The number of nitrogens with zero attached hydrogens (tertiary/aromatic N) is 2. The molecule has 0 amide bonds. The number of nitro groups is 1. The average molecular weight is 453 g/mol. The number of Topliss-reactive ketones (excluding diaryl/α,β-unsaturated/α-hetero) is 1. The van der Waals surface area contributed by atoms with Crippen molar-refractivity contribution in [3.8, 4) is 0 Å². The van der Waals surface area contributed by atoms with Gasteiger partial charge in [0.15, 0.2) is 12.4 Å². The van der Waals surface area contributed by atoms with Crippen LogP contribution in [0.15, 0.2) is 42.5 Å². The molecule has 0 unspecified atom stereocenters. The molecule has 1 saturated heterocycles. The van der Waals surface area contributed by atoms with E-state index in [1.54, 1.807) is 18.2 Å². The van der Waals surface area contributed by atoms with Gasteiger partial charge in [0.25, 0.3) is 5.69 Å². The second-order valence-electron chi connectivity index (χ2n) is 8.52. The van der Waals surface area contributed by atoms with Gasteiger partial charge in [0.1, 0.15) is 5.69 Å². The Morgan fingerprint density at radius 1 is 1.00 bits per heavy atom. The van der Waals surface area contributed by atoms with Gasteiger partial charge in [-0.3, -0.25) is 14.9 Å². The number of anilines is 1. The quantitative estimate of drug-likeness (QED) is 0.264. The molecule has 2 aromatic carbocycles. The van der Waals surface area contributed by atoms with Gasteiger partial charge in [-0.25, -0.2) is 4.79 Å². The second kappa shape index (κ2) is 10.6. The molecule has 2 aliphatic rings. The van der Waals surface area contributed by atoms with Gasteiger partial charge in [-0.05, 0) is 36.5 Å². The van der Waals surface area contributed by atoms with E-state index in [9.17, 15) is 19.7 Å². The van der Waals surface area contributed by atoms with Crippen LogP contribution in [0.1, 0.15) is 64.3 Å². The van der Waals surface area contributed by atoms with Crippen LogP contribution in [0.5, 0.6) is 0 Å². The van der Waals surface area contributed by atoms with Crippen molar-refractivity contribution in [2.24, 2.45) is 0 Å². The van der Waals surface area contributed by atoms with Gasteiger partial charge in [-0.15, -0.1) is 0 Å². The number of carbonyl (C=O) groups is 2. The number of rotatable bonds is 7. The van der Waals surface area contributed by atoms with Crippen molar-refractivity contribution in [1.82, 2.24) is 0 Å². The maximum atomic E-state index is 12.5. The molecule has 8 heteroatoms. The van der Waals surface area contributed by atoms with Crippen LogP contribution in [0.2, 0.25) is 0 Å². The maximum Gasteiger partial charge on any atom is 0.338 e. The van der Waals surface area contributed by atoms with Gasteiger partial charge in [0.05, 0.1) is 23.7 Å². The highest BCUT2D eigenvalue weighted by Gasteiger charge is 2.24. The molecule has 0 spiro atoms. The molecule has 0 aromatic heterocycles. The summed E-state index contributed by atoms with van der Waals surface area (Å²) in [7, 11) is 0. The van der Waals surface area contributed by atoms with E-state index in [0.717, 1.165) is 0 Å². The molecule has 1 aliphatic heterocycles. The normalized spacial score (nSPS) is 16.9. The number of benzene rings is 2. The highest BCUT2D eigenvalue weighted by Crippen LogP contribution is 2.33. The van der Waals surface area contributed by atoms with E-state index in [1.165, 1.54) is 49.8 Å². The molecule has 2 aromatic rings. The molecule has 0 N–H and O–H groups in total. The third-order valence-corrected chi connectivity index (χ3v) is 6.40. The van der Waals surface area contributed by atoms with Crippen molar-refractivity contribution in [2.45, 2.75) is 38.0 Å².